The van der Waals surface area contributed by atoms with Crippen LogP contribution in [0.5, 0.6) is 0 Å². The van der Waals surface area contributed by atoms with E-state index in [0.717, 1.165) is 5.69 Å². The van der Waals surface area contributed by atoms with Crippen LogP contribution in [0.1, 0.15) is 11.1 Å². The predicted molar refractivity (Wildman–Crippen MR) is 223 cm³/mol. The standard InChI is InChI=1S/C46H45NP2/c1-36-30-32-43(45(34-36)48(3,39-22-12-6-13-23-39)40-24-14-7-15-25-40)47(38-20-10-5-11-21-38)44-33-31-37(2)35-46(44)49(4,41-26-16-8-17-27-41)42-28-18-9-19-29-42/h5-35,48-49H,1-4H3. The summed E-state index contributed by atoms with van der Waals surface area (Å²) in [7, 11) is -5.03. The van der Waals surface area contributed by atoms with Gasteiger partial charge in [-0.25, -0.2) is 0 Å². The molecule has 49 heavy (non-hydrogen) atoms. The first-order chi connectivity index (χ1) is 23.9. The van der Waals surface area contributed by atoms with Crippen LogP contribution in [0, 0.1) is 13.8 Å². The molecule has 0 saturated heterocycles. The van der Waals surface area contributed by atoms with Crippen LogP contribution in [0.4, 0.5) is 17.1 Å². The Morgan fingerprint density at radius 2 is 0.633 bits per heavy atom. The average molecular weight is 674 g/mol. The van der Waals surface area contributed by atoms with Crippen molar-refractivity contribution in [3.63, 3.8) is 0 Å². The van der Waals surface area contributed by atoms with Crippen LogP contribution in [-0.4, -0.2) is 13.3 Å². The molecule has 0 aromatic heterocycles. The van der Waals surface area contributed by atoms with E-state index in [4.69, 9.17) is 0 Å². The van der Waals surface area contributed by atoms with Crippen molar-refractivity contribution in [3.05, 3.63) is 199 Å². The van der Waals surface area contributed by atoms with Crippen LogP contribution in [0.3, 0.4) is 0 Å². The Kier molecular flexibility index (Phi) is 9.33. The van der Waals surface area contributed by atoms with Gasteiger partial charge in [0.05, 0.1) is 0 Å². The molecule has 0 N–H and O–H groups in total. The summed E-state index contributed by atoms with van der Waals surface area (Å²) >= 11 is 0. The number of aryl methyl sites for hydroxylation is 2. The van der Waals surface area contributed by atoms with Crippen LogP contribution in [0.2, 0.25) is 0 Å². The molecule has 0 spiro atoms. The van der Waals surface area contributed by atoms with Gasteiger partial charge in [0.25, 0.3) is 0 Å². The molecule has 0 fully saturated rings. The number of hydrogen-bond acceptors (Lipinski definition) is 1. The molecule has 0 unspecified atom stereocenters. The second kappa shape index (κ2) is 14.0. The predicted octanol–water partition coefficient (Wildman–Crippen LogP) is 9.09. The number of hydrogen-bond donors (Lipinski definition) is 0. The molecule has 244 valence electrons. The van der Waals surface area contributed by atoms with Gasteiger partial charge in [0.2, 0.25) is 0 Å². The van der Waals surface area contributed by atoms with E-state index in [0.29, 0.717) is 0 Å². The number of nitrogens with zero attached hydrogens (tertiary/aromatic N) is 1. The maximum atomic E-state index is 2.57. The Hall–Kier alpha value is -4.80. The molecule has 7 aromatic rings. The fraction of sp³-hybridized carbons (Fsp3) is 0.0870. The SMILES string of the molecule is Cc1ccc(N(c2ccccc2)c2ccc(C)cc2[PH](C)(c2ccccc2)c2ccccc2)c([PH](C)(c2ccccc2)c2ccccc2)c1. The van der Waals surface area contributed by atoms with Crippen LogP contribution < -0.4 is 36.7 Å². The van der Waals surface area contributed by atoms with E-state index in [1.54, 1.807) is 0 Å². The second-order valence-electron chi connectivity index (χ2n) is 13.4. The Labute approximate surface area is 293 Å². The zero-order valence-corrected chi connectivity index (χ0v) is 30.8. The maximum absolute atomic E-state index is 2.57. The van der Waals surface area contributed by atoms with Gasteiger partial charge in [-0.05, 0) is 0 Å². The van der Waals surface area contributed by atoms with Crippen molar-refractivity contribution in [1.82, 2.24) is 0 Å². The van der Waals surface area contributed by atoms with E-state index >= 15 is 0 Å². The van der Waals surface area contributed by atoms with Gasteiger partial charge in [0.1, 0.15) is 0 Å². The van der Waals surface area contributed by atoms with Gasteiger partial charge in [-0.15, -0.1) is 0 Å². The van der Waals surface area contributed by atoms with E-state index in [-0.39, 0.29) is 0 Å². The molecular formula is C46H45NP2. The van der Waals surface area contributed by atoms with E-state index in [2.05, 4.69) is 220 Å². The number of anilines is 3. The molecule has 0 aliphatic carbocycles. The van der Waals surface area contributed by atoms with Gasteiger partial charge in [-0.2, -0.15) is 0 Å². The summed E-state index contributed by atoms with van der Waals surface area (Å²) in [5.74, 6) is 0. The summed E-state index contributed by atoms with van der Waals surface area (Å²) in [6.07, 6.45) is 0. The molecule has 0 amide bonds. The molecule has 7 aromatic carbocycles. The molecule has 0 aliphatic heterocycles. The van der Waals surface area contributed by atoms with Gasteiger partial charge in [0, 0.05) is 0 Å². The summed E-state index contributed by atoms with van der Waals surface area (Å²) in [4.78, 5) is 2.57. The molecule has 0 atom stereocenters. The normalized spacial score (nSPS) is 12.3. The van der Waals surface area contributed by atoms with Crippen molar-refractivity contribution in [2.45, 2.75) is 13.8 Å². The van der Waals surface area contributed by atoms with Gasteiger partial charge in [-0.1, -0.05) is 0 Å². The van der Waals surface area contributed by atoms with Crippen LogP contribution in [-0.2, 0) is 0 Å². The van der Waals surface area contributed by atoms with Crippen LogP contribution in [0.15, 0.2) is 188 Å². The second-order valence-corrected chi connectivity index (χ2v) is 21.3. The molecule has 0 bridgehead atoms. The van der Waals surface area contributed by atoms with Crippen LogP contribution in [0.25, 0.3) is 0 Å². The number of para-hydroxylation sites is 1. The number of rotatable bonds is 9. The van der Waals surface area contributed by atoms with E-state index in [1.165, 1.54) is 54.3 Å². The zero-order chi connectivity index (χ0) is 33.8. The number of benzene rings is 7. The Bertz CT molecular complexity index is 1930. The first-order valence-corrected chi connectivity index (χ1v) is 22.2. The third-order valence-electron chi connectivity index (χ3n) is 10.3. The van der Waals surface area contributed by atoms with Crippen molar-refractivity contribution < 1.29 is 0 Å². The monoisotopic (exact) mass is 673 g/mol. The fourth-order valence-corrected chi connectivity index (χ4v) is 15.3. The Morgan fingerprint density at radius 3 is 0.939 bits per heavy atom. The molecule has 3 heteroatoms. The molecule has 0 radical (unpaired) electrons. The van der Waals surface area contributed by atoms with E-state index in [9.17, 15) is 0 Å². The molecule has 0 aliphatic rings. The first-order valence-electron chi connectivity index (χ1n) is 17.2. The minimum atomic E-state index is -2.51. The minimum absolute atomic E-state index is 1.16. The van der Waals surface area contributed by atoms with Gasteiger partial charge < -0.3 is 0 Å². The van der Waals surface area contributed by atoms with Gasteiger partial charge >= 0.3 is 295 Å². The van der Waals surface area contributed by atoms with Crippen LogP contribution >= 0.6 is 14.5 Å². The third-order valence-corrected chi connectivity index (χ3v) is 19.2. The molecule has 0 saturated carbocycles. The van der Waals surface area contributed by atoms with Crippen molar-refractivity contribution in [2.24, 2.45) is 0 Å². The van der Waals surface area contributed by atoms with Crippen molar-refractivity contribution in [2.75, 3.05) is 18.2 Å². The zero-order valence-electron chi connectivity index (χ0n) is 28.8. The molecule has 7 rings (SSSR count). The molecule has 1 nitrogen and oxygen atoms in total. The Balaban J connectivity index is 1.58. The van der Waals surface area contributed by atoms with Crippen molar-refractivity contribution in [3.8, 4) is 0 Å². The fourth-order valence-electron chi connectivity index (χ4n) is 7.52. The molecule has 0 heterocycles. The van der Waals surface area contributed by atoms with E-state index < -0.39 is 14.5 Å². The van der Waals surface area contributed by atoms with Crippen molar-refractivity contribution in [1.29, 1.82) is 0 Å². The molecular weight excluding hydrogens is 628 g/mol. The quantitative estimate of drug-likeness (QED) is 0.138. The summed E-state index contributed by atoms with van der Waals surface area (Å²) < 4.78 is 0. The summed E-state index contributed by atoms with van der Waals surface area (Å²) in [6.45, 7) is 9.53. The average Bonchev–Trinajstić information content (AvgIpc) is 3.17. The third kappa shape index (κ3) is 6.15. The summed E-state index contributed by atoms with van der Waals surface area (Å²) in [5.41, 5.74) is 6.18. The van der Waals surface area contributed by atoms with Gasteiger partial charge in [0.15, 0.2) is 0 Å². The van der Waals surface area contributed by atoms with Gasteiger partial charge in [-0.3, -0.25) is 0 Å². The first kappa shape index (κ1) is 32.7. The summed E-state index contributed by atoms with van der Waals surface area (Å²) in [5, 5.41) is 8.41. The summed E-state index contributed by atoms with van der Waals surface area (Å²) in [6, 6.07) is 70.1. The Morgan fingerprint density at radius 1 is 0.347 bits per heavy atom. The van der Waals surface area contributed by atoms with E-state index in [1.807, 2.05) is 0 Å². The van der Waals surface area contributed by atoms with Crippen molar-refractivity contribution >= 4 is 63.4 Å². The topological polar surface area (TPSA) is 3.24 Å².